The average Bonchev–Trinajstić information content (AvgIpc) is 2.74. The monoisotopic (exact) mass is 242 g/mol. The summed E-state index contributed by atoms with van der Waals surface area (Å²) in [5.41, 5.74) is 0. The first-order chi connectivity index (χ1) is 8.25. The third kappa shape index (κ3) is 5.50. The third-order valence-electron chi connectivity index (χ3n) is 3.26. The van der Waals surface area contributed by atoms with Gasteiger partial charge in [0.1, 0.15) is 0 Å². The minimum atomic E-state index is 0.149. The molecular weight excluding hydrogens is 216 g/mol. The predicted molar refractivity (Wildman–Crippen MR) is 68.9 cm³/mol. The Morgan fingerprint density at radius 3 is 2.76 bits per heavy atom. The Kier molecular flexibility index (Phi) is 7.21. The summed E-state index contributed by atoms with van der Waals surface area (Å²) in [7, 11) is 0. The van der Waals surface area contributed by atoms with Crippen LogP contribution in [0, 0.1) is 11.8 Å². The van der Waals surface area contributed by atoms with Gasteiger partial charge in [-0.3, -0.25) is 4.79 Å². The number of nitrogens with one attached hydrogen (secondary N) is 2. The molecule has 0 aromatic heterocycles. The molecule has 0 bridgehead atoms. The molecule has 1 aliphatic heterocycles. The van der Waals surface area contributed by atoms with E-state index in [1.807, 2.05) is 0 Å². The maximum Gasteiger partial charge on any atom is 0.224 e. The number of hydrogen-bond acceptors (Lipinski definition) is 3. The first kappa shape index (κ1) is 14.5. The number of carbonyl (C=O) groups excluding carboxylic acids is 1. The van der Waals surface area contributed by atoms with Crippen LogP contribution in [0.4, 0.5) is 0 Å². The standard InChI is InChI=1S/C13H26N2O2/c1-3-4-7-17-8-5-6-15-13(16)12-10-14-9-11(12)2/h11-12,14H,3-10H2,1-2H3,(H,15,16)/t11-,12-/m1/s1. The van der Waals surface area contributed by atoms with Crippen molar-refractivity contribution in [2.24, 2.45) is 11.8 Å². The average molecular weight is 242 g/mol. The molecule has 2 N–H and O–H groups in total. The molecule has 0 aliphatic carbocycles. The molecule has 1 fully saturated rings. The van der Waals surface area contributed by atoms with Crippen LogP contribution < -0.4 is 10.6 Å². The van der Waals surface area contributed by atoms with Crippen LogP contribution in [-0.2, 0) is 9.53 Å². The van der Waals surface area contributed by atoms with Crippen molar-refractivity contribution in [1.82, 2.24) is 10.6 Å². The van der Waals surface area contributed by atoms with Gasteiger partial charge in [0.25, 0.3) is 0 Å². The number of hydrogen-bond donors (Lipinski definition) is 2. The van der Waals surface area contributed by atoms with Crippen LogP contribution in [0.2, 0.25) is 0 Å². The molecule has 1 rings (SSSR count). The summed E-state index contributed by atoms with van der Waals surface area (Å²) >= 11 is 0. The molecule has 2 atom stereocenters. The van der Waals surface area contributed by atoms with Gasteiger partial charge < -0.3 is 15.4 Å². The number of rotatable bonds is 8. The lowest BCUT2D eigenvalue weighted by Gasteiger charge is -2.14. The van der Waals surface area contributed by atoms with Crippen molar-refractivity contribution >= 4 is 5.91 Å². The van der Waals surface area contributed by atoms with Gasteiger partial charge in [-0.15, -0.1) is 0 Å². The van der Waals surface area contributed by atoms with Crippen LogP contribution in [-0.4, -0.2) is 38.8 Å². The number of unbranched alkanes of at least 4 members (excludes halogenated alkanes) is 1. The smallest absolute Gasteiger partial charge is 0.224 e. The normalized spacial score (nSPS) is 23.9. The molecular formula is C13H26N2O2. The number of carbonyl (C=O) groups is 1. The van der Waals surface area contributed by atoms with E-state index in [0.717, 1.165) is 45.7 Å². The van der Waals surface area contributed by atoms with Gasteiger partial charge in [-0.25, -0.2) is 0 Å². The van der Waals surface area contributed by atoms with Crippen LogP contribution in [0.15, 0.2) is 0 Å². The maximum absolute atomic E-state index is 11.8. The van der Waals surface area contributed by atoms with E-state index in [9.17, 15) is 4.79 Å². The second-order valence-corrected chi connectivity index (χ2v) is 4.85. The Labute approximate surface area is 104 Å². The van der Waals surface area contributed by atoms with Gasteiger partial charge in [-0.05, 0) is 25.3 Å². The van der Waals surface area contributed by atoms with Gasteiger partial charge in [-0.1, -0.05) is 20.3 Å². The van der Waals surface area contributed by atoms with Gasteiger partial charge in [0.2, 0.25) is 5.91 Å². The Morgan fingerprint density at radius 2 is 2.12 bits per heavy atom. The molecule has 0 spiro atoms. The molecule has 4 heteroatoms. The molecule has 1 amide bonds. The number of amides is 1. The Bertz CT molecular complexity index is 221. The highest BCUT2D eigenvalue weighted by molar-refractivity contribution is 5.79. The van der Waals surface area contributed by atoms with E-state index in [1.165, 1.54) is 6.42 Å². The highest BCUT2D eigenvalue weighted by Gasteiger charge is 2.28. The molecule has 100 valence electrons. The molecule has 0 aromatic rings. The largest absolute Gasteiger partial charge is 0.381 e. The van der Waals surface area contributed by atoms with E-state index in [2.05, 4.69) is 24.5 Å². The molecule has 1 saturated heterocycles. The summed E-state index contributed by atoms with van der Waals surface area (Å²) < 4.78 is 5.44. The lowest BCUT2D eigenvalue weighted by Crippen LogP contribution is -2.35. The molecule has 0 saturated carbocycles. The van der Waals surface area contributed by atoms with Crippen LogP contribution in [0.3, 0.4) is 0 Å². The molecule has 0 radical (unpaired) electrons. The van der Waals surface area contributed by atoms with Gasteiger partial charge in [-0.2, -0.15) is 0 Å². The van der Waals surface area contributed by atoms with E-state index >= 15 is 0 Å². The molecule has 1 heterocycles. The van der Waals surface area contributed by atoms with Crippen molar-refractivity contribution in [3.8, 4) is 0 Å². The highest BCUT2D eigenvalue weighted by atomic mass is 16.5. The van der Waals surface area contributed by atoms with Gasteiger partial charge in [0.05, 0.1) is 5.92 Å². The van der Waals surface area contributed by atoms with E-state index in [1.54, 1.807) is 0 Å². The second kappa shape index (κ2) is 8.48. The fourth-order valence-corrected chi connectivity index (χ4v) is 2.03. The summed E-state index contributed by atoms with van der Waals surface area (Å²) in [5.74, 6) is 0.794. The molecule has 0 aromatic carbocycles. The van der Waals surface area contributed by atoms with Crippen molar-refractivity contribution in [3.05, 3.63) is 0 Å². The molecule has 1 aliphatic rings. The zero-order valence-corrected chi connectivity index (χ0v) is 11.1. The summed E-state index contributed by atoms with van der Waals surface area (Å²) in [6, 6.07) is 0. The van der Waals surface area contributed by atoms with Crippen molar-refractivity contribution in [2.45, 2.75) is 33.1 Å². The van der Waals surface area contributed by atoms with E-state index in [4.69, 9.17) is 4.74 Å². The van der Waals surface area contributed by atoms with E-state index in [0.29, 0.717) is 5.92 Å². The quantitative estimate of drug-likeness (QED) is 0.628. The molecule has 4 nitrogen and oxygen atoms in total. The zero-order chi connectivity index (χ0) is 12.5. The predicted octanol–water partition coefficient (Wildman–Crippen LogP) is 1.16. The highest BCUT2D eigenvalue weighted by Crippen LogP contribution is 2.15. The second-order valence-electron chi connectivity index (χ2n) is 4.85. The zero-order valence-electron chi connectivity index (χ0n) is 11.1. The van der Waals surface area contributed by atoms with E-state index in [-0.39, 0.29) is 11.8 Å². The van der Waals surface area contributed by atoms with Gasteiger partial charge in [0, 0.05) is 26.3 Å². The van der Waals surface area contributed by atoms with Gasteiger partial charge >= 0.3 is 0 Å². The Hall–Kier alpha value is -0.610. The van der Waals surface area contributed by atoms with Gasteiger partial charge in [0.15, 0.2) is 0 Å². The summed E-state index contributed by atoms with van der Waals surface area (Å²) in [6.45, 7) is 8.37. The fourth-order valence-electron chi connectivity index (χ4n) is 2.03. The van der Waals surface area contributed by atoms with Crippen LogP contribution >= 0.6 is 0 Å². The first-order valence-corrected chi connectivity index (χ1v) is 6.82. The Morgan fingerprint density at radius 1 is 1.35 bits per heavy atom. The molecule has 17 heavy (non-hydrogen) atoms. The van der Waals surface area contributed by atoms with E-state index < -0.39 is 0 Å². The lowest BCUT2D eigenvalue weighted by molar-refractivity contribution is -0.125. The summed E-state index contributed by atoms with van der Waals surface area (Å²) in [6.07, 6.45) is 3.20. The SMILES string of the molecule is CCCCOCCCNC(=O)[C@@H]1CNC[C@H]1C. The fraction of sp³-hybridized carbons (Fsp3) is 0.923. The lowest BCUT2D eigenvalue weighted by atomic mass is 9.97. The third-order valence-corrected chi connectivity index (χ3v) is 3.26. The molecule has 0 unspecified atom stereocenters. The first-order valence-electron chi connectivity index (χ1n) is 6.82. The van der Waals surface area contributed by atoms with Crippen molar-refractivity contribution in [3.63, 3.8) is 0 Å². The topological polar surface area (TPSA) is 50.4 Å². The van der Waals surface area contributed by atoms with Crippen LogP contribution in [0.25, 0.3) is 0 Å². The summed E-state index contributed by atoms with van der Waals surface area (Å²) in [5, 5.41) is 6.23. The van der Waals surface area contributed by atoms with Crippen LogP contribution in [0.5, 0.6) is 0 Å². The van der Waals surface area contributed by atoms with Crippen molar-refractivity contribution in [1.29, 1.82) is 0 Å². The maximum atomic E-state index is 11.8. The minimum absolute atomic E-state index is 0.149. The summed E-state index contributed by atoms with van der Waals surface area (Å²) in [4.78, 5) is 11.8. The Balaban J connectivity index is 1.97. The minimum Gasteiger partial charge on any atom is -0.381 e. The van der Waals surface area contributed by atoms with Crippen molar-refractivity contribution < 1.29 is 9.53 Å². The number of ether oxygens (including phenoxy) is 1. The van der Waals surface area contributed by atoms with Crippen molar-refractivity contribution in [2.75, 3.05) is 32.8 Å². The van der Waals surface area contributed by atoms with Crippen LogP contribution in [0.1, 0.15) is 33.1 Å².